The van der Waals surface area contributed by atoms with Gasteiger partial charge in [-0.15, -0.1) is 11.3 Å². The molecule has 2 heterocycles. The number of thiazole rings is 1. The van der Waals surface area contributed by atoms with Crippen molar-refractivity contribution in [3.8, 4) is 0 Å². The minimum atomic E-state index is -0.185. The summed E-state index contributed by atoms with van der Waals surface area (Å²) in [4.78, 5) is 18.3. The molecule has 0 radical (unpaired) electrons. The number of H-pyrrole nitrogens is 1. The summed E-state index contributed by atoms with van der Waals surface area (Å²) in [5, 5.41) is 11.3. The smallest absolute Gasteiger partial charge is 0.259 e. The molecule has 6 heteroatoms. The molecule has 0 atom stereocenters. The van der Waals surface area contributed by atoms with E-state index in [1.807, 2.05) is 19.1 Å². The van der Waals surface area contributed by atoms with E-state index in [9.17, 15) is 4.79 Å². The van der Waals surface area contributed by atoms with Gasteiger partial charge in [0, 0.05) is 16.7 Å². The number of aryl methyl sites for hydroxylation is 2. The van der Waals surface area contributed by atoms with Gasteiger partial charge < -0.3 is 0 Å². The number of rotatable bonds is 4. The predicted molar refractivity (Wildman–Crippen MR) is 105 cm³/mol. The van der Waals surface area contributed by atoms with Crippen LogP contribution >= 0.6 is 11.3 Å². The van der Waals surface area contributed by atoms with Crippen molar-refractivity contribution in [2.75, 3.05) is 5.32 Å². The van der Waals surface area contributed by atoms with Gasteiger partial charge in [-0.2, -0.15) is 5.10 Å². The quantitative estimate of drug-likeness (QED) is 0.562. The fourth-order valence-corrected chi connectivity index (χ4v) is 3.85. The number of anilines is 1. The second kappa shape index (κ2) is 6.72. The molecule has 5 nitrogen and oxygen atoms in total. The molecule has 0 saturated heterocycles. The van der Waals surface area contributed by atoms with Crippen LogP contribution in [0.1, 0.15) is 32.1 Å². The largest absolute Gasteiger partial charge is 0.298 e. The normalized spacial score (nSPS) is 11.0. The van der Waals surface area contributed by atoms with Crippen molar-refractivity contribution in [1.82, 2.24) is 15.2 Å². The number of nitrogens with one attached hydrogen (secondary N) is 2. The van der Waals surface area contributed by atoms with Crippen LogP contribution in [-0.4, -0.2) is 21.1 Å². The molecule has 0 aliphatic rings. The average molecular weight is 362 g/mol. The van der Waals surface area contributed by atoms with Crippen LogP contribution in [0.25, 0.3) is 10.9 Å². The maximum Gasteiger partial charge on any atom is 0.259 e. The van der Waals surface area contributed by atoms with E-state index in [1.165, 1.54) is 22.5 Å². The van der Waals surface area contributed by atoms with Gasteiger partial charge in [-0.05, 0) is 25.5 Å². The van der Waals surface area contributed by atoms with E-state index in [-0.39, 0.29) is 5.91 Å². The minimum absolute atomic E-state index is 0.185. The van der Waals surface area contributed by atoms with E-state index in [0.29, 0.717) is 10.7 Å². The number of carbonyl (C=O) groups excluding carboxylic acids is 1. The molecular weight excluding hydrogens is 344 g/mol. The number of carbonyl (C=O) groups is 1. The number of amides is 1. The summed E-state index contributed by atoms with van der Waals surface area (Å²) >= 11 is 1.52. The van der Waals surface area contributed by atoms with E-state index in [0.717, 1.165) is 27.9 Å². The number of fused-ring (bicyclic) bond motifs is 1. The summed E-state index contributed by atoms with van der Waals surface area (Å²) in [6, 6.07) is 14.0. The van der Waals surface area contributed by atoms with Gasteiger partial charge in [-0.1, -0.05) is 42.0 Å². The Morgan fingerprint density at radius 3 is 2.77 bits per heavy atom. The van der Waals surface area contributed by atoms with E-state index in [1.54, 1.807) is 12.3 Å². The van der Waals surface area contributed by atoms with E-state index >= 15 is 0 Å². The molecule has 0 spiro atoms. The summed E-state index contributed by atoms with van der Waals surface area (Å²) in [7, 11) is 0. The Balaban J connectivity index is 1.54. The maximum absolute atomic E-state index is 12.7. The first-order chi connectivity index (χ1) is 12.6. The highest BCUT2D eigenvalue weighted by molar-refractivity contribution is 7.15. The molecule has 2 N–H and O–H groups in total. The molecule has 0 bridgehead atoms. The Labute approximate surface area is 155 Å². The summed E-state index contributed by atoms with van der Waals surface area (Å²) < 4.78 is 0. The van der Waals surface area contributed by atoms with E-state index in [2.05, 4.69) is 51.7 Å². The van der Waals surface area contributed by atoms with Crippen molar-refractivity contribution >= 4 is 33.3 Å². The highest BCUT2D eigenvalue weighted by Gasteiger charge is 2.15. The monoisotopic (exact) mass is 362 g/mol. The molecule has 2 aromatic carbocycles. The van der Waals surface area contributed by atoms with Gasteiger partial charge in [0.25, 0.3) is 5.91 Å². The third kappa shape index (κ3) is 3.23. The summed E-state index contributed by atoms with van der Waals surface area (Å²) in [5.41, 5.74) is 4.73. The number of para-hydroxylation sites is 1. The first-order valence-electron chi connectivity index (χ1n) is 8.35. The Hall–Kier alpha value is -2.99. The lowest BCUT2D eigenvalue weighted by Crippen LogP contribution is -2.12. The van der Waals surface area contributed by atoms with Crippen LogP contribution in [0.5, 0.6) is 0 Å². The zero-order valence-electron chi connectivity index (χ0n) is 14.5. The molecule has 0 unspecified atom stereocenters. The molecule has 1 amide bonds. The van der Waals surface area contributed by atoms with Crippen molar-refractivity contribution < 1.29 is 4.79 Å². The Morgan fingerprint density at radius 1 is 1.15 bits per heavy atom. The van der Waals surface area contributed by atoms with Crippen LogP contribution in [0.4, 0.5) is 5.13 Å². The van der Waals surface area contributed by atoms with Crippen molar-refractivity contribution in [3.63, 3.8) is 0 Å². The van der Waals surface area contributed by atoms with Gasteiger partial charge in [0.1, 0.15) is 0 Å². The zero-order valence-corrected chi connectivity index (χ0v) is 15.4. The lowest BCUT2D eigenvalue weighted by Gasteiger charge is -2.02. The first-order valence-corrected chi connectivity index (χ1v) is 9.17. The van der Waals surface area contributed by atoms with Crippen LogP contribution in [0.15, 0.2) is 48.7 Å². The Bertz CT molecular complexity index is 1080. The van der Waals surface area contributed by atoms with Gasteiger partial charge in [0.15, 0.2) is 5.13 Å². The lowest BCUT2D eigenvalue weighted by molar-refractivity contribution is 0.102. The summed E-state index contributed by atoms with van der Waals surface area (Å²) in [5.74, 6) is -0.185. The van der Waals surface area contributed by atoms with Crippen LogP contribution in [0.3, 0.4) is 0 Å². The Morgan fingerprint density at radius 2 is 1.96 bits per heavy atom. The Kier molecular flexibility index (Phi) is 4.26. The zero-order chi connectivity index (χ0) is 18.1. The predicted octanol–water partition coefficient (Wildman–Crippen LogP) is 4.48. The van der Waals surface area contributed by atoms with Crippen molar-refractivity contribution in [1.29, 1.82) is 0 Å². The molecule has 130 valence electrons. The first kappa shape index (κ1) is 16.5. The molecule has 2 aromatic heterocycles. The highest BCUT2D eigenvalue weighted by atomic mass is 32.1. The van der Waals surface area contributed by atoms with Crippen LogP contribution in [-0.2, 0) is 6.42 Å². The topological polar surface area (TPSA) is 70.7 Å². The molecule has 26 heavy (non-hydrogen) atoms. The summed E-state index contributed by atoms with van der Waals surface area (Å²) in [6.45, 7) is 4.06. The van der Waals surface area contributed by atoms with Crippen molar-refractivity contribution in [2.45, 2.75) is 20.3 Å². The number of aromatic amines is 1. The van der Waals surface area contributed by atoms with E-state index < -0.39 is 0 Å². The molecule has 4 rings (SSSR count). The van der Waals surface area contributed by atoms with Crippen LogP contribution < -0.4 is 5.32 Å². The van der Waals surface area contributed by atoms with Gasteiger partial charge >= 0.3 is 0 Å². The van der Waals surface area contributed by atoms with Crippen LogP contribution in [0, 0.1) is 13.8 Å². The number of benzene rings is 2. The summed E-state index contributed by atoms with van der Waals surface area (Å²) in [6.07, 6.45) is 2.52. The number of hydrogen-bond acceptors (Lipinski definition) is 4. The molecule has 4 aromatic rings. The van der Waals surface area contributed by atoms with Gasteiger partial charge in [0.2, 0.25) is 0 Å². The van der Waals surface area contributed by atoms with Gasteiger partial charge in [0.05, 0.1) is 23.0 Å². The lowest BCUT2D eigenvalue weighted by atomic mass is 10.1. The second-order valence-corrected chi connectivity index (χ2v) is 7.37. The van der Waals surface area contributed by atoms with Crippen LogP contribution in [0.2, 0.25) is 0 Å². The van der Waals surface area contributed by atoms with Crippen molar-refractivity contribution in [3.05, 3.63) is 75.9 Å². The van der Waals surface area contributed by atoms with Gasteiger partial charge in [-0.3, -0.25) is 15.2 Å². The SMILES string of the molecule is Cc1ccc(Cc2sc(NC(=O)c3cccc4cn[nH]c34)nc2C)cc1. The van der Waals surface area contributed by atoms with E-state index in [4.69, 9.17) is 0 Å². The molecule has 0 aliphatic carbocycles. The standard InChI is InChI=1S/C20H18N4OS/c1-12-6-8-14(9-7-12)10-17-13(2)22-20(26-17)23-19(25)16-5-3-4-15-11-21-24-18(15)16/h3-9,11H,10H2,1-2H3,(H,21,24)(H,22,23,25). The van der Waals surface area contributed by atoms with Crippen molar-refractivity contribution in [2.24, 2.45) is 0 Å². The molecular formula is C20H18N4OS. The number of hydrogen-bond donors (Lipinski definition) is 2. The highest BCUT2D eigenvalue weighted by Crippen LogP contribution is 2.26. The fraction of sp³-hybridized carbons (Fsp3) is 0.150. The molecule has 0 fully saturated rings. The number of nitrogens with zero attached hydrogens (tertiary/aromatic N) is 2. The maximum atomic E-state index is 12.7. The molecule has 0 saturated carbocycles. The number of aromatic nitrogens is 3. The minimum Gasteiger partial charge on any atom is -0.298 e. The second-order valence-electron chi connectivity index (χ2n) is 6.28. The third-order valence-electron chi connectivity index (χ3n) is 4.32. The van der Waals surface area contributed by atoms with Gasteiger partial charge in [-0.25, -0.2) is 4.98 Å². The fourth-order valence-electron chi connectivity index (χ4n) is 2.86. The average Bonchev–Trinajstić information content (AvgIpc) is 3.23. The third-order valence-corrected chi connectivity index (χ3v) is 5.39. The molecule has 0 aliphatic heterocycles.